The van der Waals surface area contributed by atoms with Crippen LogP contribution < -0.4 is 5.73 Å². The van der Waals surface area contributed by atoms with E-state index in [4.69, 9.17) is 5.73 Å². The molecule has 0 saturated heterocycles. The first kappa shape index (κ1) is 13.0. The fourth-order valence-electron chi connectivity index (χ4n) is 1.42. The first-order chi connectivity index (χ1) is 7.49. The third-order valence-electron chi connectivity index (χ3n) is 2.45. The molecule has 2 N–H and O–H groups in total. The van der Waals surface area contributed by atoms with Gasteiger partial charge in [0.25, 0.3) is 0 Å². The molecule has 0 fully saturated rings. The largest absolute Gasteiger partial charge is 0.399 e. The van der Waals surface area contributed by atoms with Crippen LogP contribution in [0.3, 0.4) is 0 Å². The minimum Gasteiger partial charge on any atom is -0.399 e. The number of nitrogens with two attached hydrogens (primary N) is 1. The van der Waals surface area contributed by atoms with Gasteiger partial charge in [-0.1, -0.05) is 19.1 Å². The molecule has 0 spiro atoms. The highest BCUT2D eigenvalue weighted by Crippen LogP contribution is 2.11. The Bertz CT molecular complexity index is 426. The van der Waals surface area contributed by atoms with E-state index in [1.165, 1.54) is 4.31 Å². The lowest BCUT2D eigenvalue weighted by molar-refractivity contribution is 0.424. The zero-order chi connectivity index (χ0) is 12.2. The molecule has 0 saturated carbocycles. The highest BCUT2D eigenvalue weighted by atomic mass is 32.2. The van der Waals surface area contributed by atoms with Crippen molar-refractivity contribution in [3.63, 3.8) is 0 Å². The average Bonchev–Trinajstić information content (AvgIpc) is 2.28. The summed E-state index contributed by atoms with van der Waals surface area (Å²) in [5, 5.41) is 0. The van der Waals surface area contributed by atoms with Crippen LogP contribution in [0.5, 0.6) is 0 Å². The second-order valence-corrected chi connectivity index (χ2v) is 5.83. The van der Waals surface area contributed by atoms with Crippen LogP contribution in [-0.4, -0.2) is 25.0 Å². The van der Waals surface area contributed by atoms with Crippen LogP contribution in [0.2, 0.25) is 0 Å². The summed E-state index contributed by atoms with van der Waals surface area (Å²) in [5.74, 6) is 0.135. The van der Waals surface area contributed by atoms with Crippen LogP contribution in [0.15, 0.2) is 24.3 Å². The lowest BCUT2D eigenvalue weighted by atomic mass is 10.2. The first-order valence-electron chi connectivity index (χ1n) is 5.31. The molecule has 0 bridgehead atoms. The van der Waals surface area contributed by atoms with Gasteiger partial charge in [0.1, 0.15) is 0 Å². The summed E-state index contributed by atoms with van der Waals surface area (Å²) < 4.78 is 24.9. The molecule has 16 heavy (non-hydrogen) atoms. The standard InChI is InChI=1S/C11H18N2O2S/c1-3-13(16(14,15)4-2)9-10-5-7-11(12)8-6-10/h5-8H,3-4,9,12H2,1-2H3. The van der Waals surface area contributed by atoms with Crippen molar-refractivity contribution in [3.8, 4) is 0 Å². The van der Waals surface area contributed by atoms with Gasteiger partial charge in [-0.15, -0.1) is 0 Å². The molecular weight excluding hydrogens is 224 g/mol. The van der Waals surface area contributed by atoms with Gasteiger partial charge >= 0.3 is 0 Å². The monoisotopic (exact) mass is 242 g/mol. The molecule has 0 heterocycles. The number of hydrogen-bond acceptors (Lipinski definition) is 3. The maximum atomic E-state index is 11.7. The average molecular weight is 242 g/mol. The summed E-state index contributed by atoms with van der Waals surface area (Å²) in [4.78, 5) is 0. The molecule has 0 aliphatic heterocycles. The maximum Gasteiger partial charge on any atom is 0.214 e. The third kappa shape index (κ3) is 3.21. The molecule has 5 heteroatoms. The quantitative estimate of drug-likeness (QED) is 0.795. The highest BCUT2D eigenvalue weighted by Gasteiger charge is 2.17. The van der Waals surface area contributed by atoms with Crippen molar-refractivity contribution in [3.05, 3.63) is 29.8 Å². The smallest absolute Gasteiger partial charge is 0.214 e. The van der Waals surface area contributed by atoms with E-state index in [9.17, 15) is 8.42 Å². The van der Waals surface area contributed by atoms with Crippen molar-refractivity contribution in [2.45, 2.75) is 20.4 Å². The van der Waals surface area contributed by atoms with Crippen molar-refractivity contribution in [1.82, 2.24) is 4.31 Å². The highest BCUT2D eigenvalue weighted by molar-refractivity contribution is 7.89. The van der Waals surface area contributed by atoms with Crippen molar-refractivity contribution in [2.75, 3.05) is 18.0 Å². The molecule has 0 amide bonds. The third-order valence-corrected chi connectivity index (χ3v) is 4.35. The van der Waals surface area contributed by atoms with E-state index in [0.717, 1.165) is 5.56 Å². The summed E-state index contributed by atoms with van der Waals surface area (Å²) in [5.41, 5.74) is 7.21. The van der Waals surface area contributed by atoms with Crippen LogP contribution in [0.25, 0.3) is 0 Å². The Balaban J connectivity index is 2.82. The molecule has 1 rings (SSSR count). The van der Waals surface area contributed by atoms with Gasteiger partial charge in [-0.3, -0.25) is 0 Å². The van der Waals surface area contributed by atoms with E-state index in [1.54, 1.807) is 19.1 Å². The lowest BCUT2D eigenvalue weighted by Gasteiger charge is -2.19. The summed E-state index contributed by atoms with van der Waals surface area (Å²) in [6, 6.07) is 7.26. The predicted octanol–water partition coefficient (Wildman–Crippen LogP) is 1.44. The topological polar surface area (TPSA) is 63.4 Å². The molecule has 90 valence electrons. The summed E-state index contributed by atoms with van der Waals surface area (Å²) in [6.45, 7) is 4.39. The van der Waals surface area contributed by atoms with E-state index in [2.05, 4.69) is 0 Å². The number of sulfonamides is 1. The number of rotatable bonds is 5. The second-order valence-electron chi connectivity index (χ2n) is 3.57. The minimum absolute atomic E-state index is 0.135. The fraction of sp³-hybridized carbons (Fsp3) is 0.455. The van der Waals surface area contributed by atoms with Crippen LogP contribution in [0, 0.1) is 0 Å². The minimum atomic E-state index is -3.12. The number of benzene rings is 1. The fourth-order valence-corrected chi connectivity index (χ4v) is 2.52. The first-order valence-corrected chi connectivity index (χ1v) is 6.92. The zero-order valence-corrected chi connectivity index (χ0v) is 10.5. The summed E-state index contributed by atoms with van der Waals surface area (Å²) in [6.07, 6.45) is 0. The summed E-state index contributed by atoms with van der Waals surface area (Å²) >= 11 is 0. The Morgan fingerprint density at radius 3 is 2.19 bits per heavy atom. The molecule has 0 aliphatic carbocycles. The van der Waals surface area contributed by atoms with Crippen LogP contribution in [0.4, 0.5) is 5.69 Å². The molecule has 1 aromatic rings. The van der Waals surface area contributed by atoms with Gasteiger partial charge in [-0.2, -0.15) is 4.31 Å². The number of nitrogen functional groups attached to an aromatic ring is 1. The molecule has 0 aromatic heterocycles. The van der Waals surface area contributed by atoms with E-state index in [0.29, 0.717) is 18.8 Å². The van der Waals surface area contributed by atoms with E-state index in [-0.39, 0.29) is 5.75 Å². The van der Waals surface area contributed by atoms with Crippen molar-refractivity contribution in [1.29, 1.82) is 0 Å². The Hall–Kier alpha value is -1.07. The van der Waals surface area contributed by atoms with Crippen molar-refractivity contribution in [2.24, 2.45) is 0 Å². The van der Waals surface area contributed by atoms with Gasteiger partial charge in [-0.25, -0.2) is 8.42 Å². The van der Waals surface area contributed by atoms with E-state index >= 15 is 0 Å². The Labute approximate surface area is 97.1 Å². The van der Waals surface area contributed by atoms with Gasteiger partial charge in [0.15, 0.2) is 0 Å². The van der Waals surface area contributed by atoms with Gasteiger partial charge in [0, 0.05) is 18.8 Å². The molecule has 0 unspecified atom stereocenters. The second kappa shape index (κ2) is 5.32. The van der Waals surface area contributed by atoms with E-state index in [1.807, 2.05) is 19.1 Å². The predicted molar refractivity (Wildman–Crippen MR) is 66.4 cm³/mol. The molecule has 0 radical (unpaired) electrons. The summed E-state index contributed by atoms with van der Waals surface area (Å²) in [7, 11) is -3.12. The van der Waals surface area contributed by atoms with Crippen molar-refractivity contribution < 1.29 is 8.42 Å². The molecule has 0 atom stereocenters. The van der Waals surface area contributed by atoms with Crippen molar-refractivity contribution >= 4 is 15.7 Å². The number of nitrogens with zero attached hydrogens (tertiary/aromatic N) is 1. The van der Waals surface area contributed by atoms with Gasteiger partial charge in [0.2, 0.25) is 10.0 Å². The molecule has 4 nitrogen and oxygen atoms in total. The number of anilines is 1. The molecular formula is C11H18N2O2S. The number of hydrogen-bond donors (Lipinski definition) is 1. The Kier molecular flexibility index (Phi) is 4.32. The van der Waals surface area contributed by atoms with Gasteiger partial charge < -0.3 is 5.73 Å². The normalized spacial score (nSPS) is 11.9. The zero-order valence-electron chi connectivity index (χ0n) is 9.68. The van der Waals surface area contributed by atoms with Crippen LogP contribution >= 0.6 is 0 Å². The van der Waals surface area contributed by atoms with Gasteiger partial charge in [-0.05, 0) is 24.6 Å². The SMILES string of the molecule is CCN(Cc1ccc(N)cc1)S(=O)(=O)CC. The lowest BCUT2D eigenvalue weighted by Crippen LogP contribution is -2.31. The van der Waals surface area contributed by atoms with E-state index < -0.39 is 10.0 Å². The van der Waals surface area contributed by atoms with Crippen LogP contribution in [-0.2, 0) is 16.6 Å². The molecule has 0 aliphatic rings. The van der Waals surface area contributed by atoms with Gasteiger partial charge in [0.05, 0.1) is 5.75 Å². The Morgan fingerprint density at radius 2 is 1.75 bits per heavy atom. The maximum absolute atomic E-state index is 11.7. The van der Waals surface area contributed by atoms with Crippen LogP contribution in [0.1, 0.15) is 19.4 Å². The Morgan fingerprint density at radius 1 is 1.19 bits per heavy atom. The molecule has 1 aromatic carbocycles.